The van der Waals surface area contributed by atoms with Crippen molar-refractivity contribution in [3.63, 3.8) is 0 Å². The summed E-state index contributed by atoms with van der Waals surface area (Å²) in [5.41, 5.74) is 2.82. The van der Waals surface area contributed by atoms with E-state index in [1.54, 1.807) is 9.80 Å². The summed E-state index contributed by atoms with van der Waals surface area (Å²) in [5, 5.41) is 0. The molecule has 2 aliphatic heterocycles. The summed E-state index contributed by atoms with van der Waals surface area (Å²) in [7, 11) is 1.83. The molecule has 2 fully saturated rings. The number of carbonyl (C=O) groups is 2. The molecule has 0 unspecified atom stereocenters. The van der Waals surface area contributed by atoms with E-state index in [2.05, 4.69) is 29.2 Å². The normalized spacial score (nSPS) is 19.0. The van der Waals surface area contributed by atoms with Gasteiger partial charge in [-0.15, -0.1) is 0 Å². The first-order valence-corrected chi connectivity index (χ1v) is 11.6. The molecule has 4 rings (SSSR count). The molecule has 2 amide bonds. The van der Waals surface area contributed by atoms with Gasteiger partial charge in [-0.2, -0.15) is 0 Å². The van der Waals surface area contributed by atoms with E-state index in [1.807, 2.05) is 7.05 Å². The Labute approximate surface area is 189 Å². The summed E-state index contributed by atoms with van der Waals surface area (Å²) in [4.78, 5) is 31.8. The molecule has 2 aliphatic rings. The quantitative estimate of drug-likeness (QED) is 0.700. The van der Waals surface area contributed by atoms with E-state index in [9.17, 15) is 14.0 Å². The second kappa shape index (κ2) is 10.2. The van der Waals surface area contributed by atoms with Gasteiger partial charge in [0.2, 0.25) is 5.91 Å². The number of benzene rings is 2. The summed E-state index contributed by atoms with van der Waals surface area (Å²) in [5.74, 6) is -0.634. The molecule has 2 heterocycles. The minimum atomic E-state index is -0.362. The van der Waals surface area contributed by atoms with Crippen LogP contribution in [-0.4, -0.2) is 54.8 Å². The van der Waals surface area contributed by atoms with Gasteiger partial charge in [-0.3, -0.25) is 9.59 Å². The van der Waals surface area contributed by atoms with Crippen LogP contribution in [0.1, 0.15) is 48.0 Å². The molecule has 170 valence electrons. The van der Waals surface area contributed by atoms with Gasteiger partial charge in [0.1, 0.15) is 5.82 Å². The highest BCUT2D eigenvalue weighted by Crippen LogP contribution is 2.23. The highest BCUT2D eigenvalue weighted by Gasteiger charge is 2.30. The molecule has 0 N–H and O–H groups in total. The number of piperidine rings is 2. The Bertz CT molecular complexity index is 923. The van der Waals surface area contributed by atoms with Gasteiger partial charge >= 0.3 is 0 Å². The second-order valence-electron chi connectivity index (χ2n) is 9.01. The Morgan fingerprint density at radius 1 is 0.938 bits per heavy atom. The number of nitrogens with zero attached hydrogens (tertiary/aromatic N) is 3. The first-order chi connectivity index (χ1) is 15.5. The molecule has 2 saturated heterocycles. The lowest BCUT2D eigenvalue weighted by Gasteiger charge is -2.34. The maximum atomic E-state index is 13.2. The fraction of sp³-hybridized carbons (Fsp3) is 0.462. The predicted molar refractivity (Wildman–Crippen MR) is 124 cm³/mol. The molecule has 0 radical (unpaired) electrons. The standard InChI is InChI=1S/C26H32FN3O2/c1-28(18-20-7-13-24(14-8-20)29-15-3-2-4-16-29)25(31)22-6-5-17-30(19-22)26(32)21-9-11-23(27)12-10-21/h7-14,22H,2-6,15-19H2,1H3/t22-/m1/s1. The average Bonchev–Trinajstić information content (AvgIpc) is 2.84. The summed E-state index contributed by atoms with van der Waals surface area (Å²) >= 11 is 0. The molecule has 0 saturated carbocycles. The van der Waals surface area contributed by atoms with Crippen LogP contribution in [-0.2, 0) is 11.3 Å². The van der Waals surface area contributed by atoms with Crippen LogP contribution in [0.2, 0.25) is 0 Å². The van der Waals surface area contributed by atoms with Crippen molar-refractivity contribution in [2.24, 2.45) is 5.92 Å². The third kappa shape index (κ3) is 5.29. The SMILES string of the molecule is CN(Cc1ccc(N2CCCCC2)cc1)C(=O)[C@@H]1CCCN(C(=O)c2ccc(F)cc2)C1. The van der Waals surface area contributed by atoms with Crippen molar-refractivity contribution in [2.75, 3.05) is 38.1 Å². The fourth-order valence-electron chi connectivity index (χ4n) is 4.77. The number of carbonyl (C=O) groups excluding carboxylic acids is 2. The minimum absolute atomic E-state index is 0.0710. The first-order valence-electron chi connectivity index (χ1n) is 11.6. The van der Waals surface area contributed by atoms with Gasteiger partial charge in [0.25, 0.3) is 5.91 Å². The van der Waals surface area contributed by atoms with E-state index in [0.717, 1.165) is 31.5 Å². The number of amides is 2. The highest BCUT2D eigenvalue weighted by atomic mass is 19.1. The molecule has 2 aromatic rings. The van der Waals surface area contributed by atoms with E-state index in [-0.39, 0.29) is 23.5 Å². The number of rotatable bonds is 5. The van der Waals surface area contributed by atoms with Gasteiger partial charge in [-0.25, -0.2) is 4.39 Å². The van der Waals surface area contributed by atoms with E-state index in [1.165, 1.54) is 49.2 Å². The van der Waals surface area contributed by atoms with Crippen molar-refractivity contribution in [1.29, 1.82) is 0 Å². The Morgan fingerprint density at radius 2 is 1.62 bits per heavy atom. The Morgan fingerprint density at radius 3 is 2.31 bits per heavy atom. The van der Waals surface area contributed by atoms with Crippen LogP contribution in [0.5, 0.6) is 0 Å². The average molecular weight is 438 g/mol. The summed E-state index contributed by atoms with van der Waals surface area (Å²) in [6.07, 6.45) is 5.39. The third-order valence-corrected chi connectivity index (χ3v) is 6.60. The lowest BCUT2D eigenvalue weighted by atomic mass is 9.95. The van der Waals surface area contributed by atoms with Crippen LogP contribution in [0.3, 0.4) is 0 Å². The van der Waals surface area contributed by atoms with Gasteiger partial charge < -0.3 is 14.7 Å². The lowest BCUT2D eigenvalue weighted by Crippen LogP contribution is -2.45. The molecular formula is C26H32FN3O2. The number of halogens is 1. The molecule has 32 heavy (non-hydrogen) atoms. The van der Waals surface area contributed by atoms with Gasteiger partial charge in [0.15, 0.2) is 0 Å². The number of likely N-dealkylation sites (tertiary alicyclic amines) is 1. The predicted octanol–water partition coefficient (Wildman–Crippen LogP) is 4.33. The molecule has 5 nitrogen and oxygen atoms in total. The maximum absolute atomic E-state index is 13.2. The molecule has 1 atom stereocenters. The van der Waals surface area contributed by atoms with Gasteiger partial charge in [-0.05, 0) is 74.1 Å². The maximum Gasteiger partial charge on any atom is 0.253 e. The van der Waals surface area contributed by atoms with E-state index < -0.39 is 0 Å². The summed E-state index contributed by atoms with van der Waals surface area (Å²) in [6.45, 7) is 3.83. The zero-order valence-corrected chi connectivity index (χ0v) is 18.8. The van der Waals surface area contributed by atoms with Crippen LogP contribution in [0.4, 0.5) is 10.1 Å². The van der Waals surface area contributed by atoms with Crippen LogP contribution in [0, 0.1) is 11.7 Å². The van der Waals surface area contributed by atoms with Gasteiger partial charge in [-0.1, -0.05) is 12.1 Å². The van der Waals surface area contributed by atoms with E-state index >= 15 is 0 Å². The zero-order valence-electron chi connectivity index (χ0n) is 18.8. The number of hydrogen-bond donors (Lipinski definition) is 0. The topological polar surface area (TPSA) is 43.9 Å². The van der Waals surface area contributed by atoms with Crippen molar-refractivity contribution >= 4 is 17.5 Å². The van der Waals surface area contributed by atoms with Crippen LogP contribution < -0.4 is 4.90 Å². The fourth-order valence-corrected chi connectivity index (χ4v) is 4.77. The van der Waals surface area contributed by atoms with E-state index in [4.69, 9.17) is 0 Å². The van der Waals surface area contributed by atoms with Crippen molar-refractivity contribution in [3.8, 4) is 0 Å². The smallest absolute Gasteiger partial charge is 0.253 e. The second-order valence-corrected chi connectivity index (χ2v) is 9.01. The third-order valence-electron chi connectivity index (χ3n) is 6.60. The Hall–Kier alpha value is -2.89. The van der Waals surface area contributed by atoms with Crippen LogP contribution in [0.25, 0.3) is 0 Å². The van der Waals surface area contributed by atoms with Crippen molar-refractivity contribution in [3.05, 3.63) is 65.5 Å². The van der Waals surface area contributed by atoms with Gasteiger partial charge in [0, 0.05) is 51.0 Å². The molecule has 0 bridgehead atoms. The number of anilines is 1. The first kappa shape index (κ1) is 22.3. The van der Waals surface area contributed by atoms with Crippen LogP contribution >= 0.6 is 0 Å². The van der Waals surface area contributed by atoms with Crippen molar-refractivity contribution < 1.29 is 14.0 Å². The van der Waals surface area contributed by atoms with Gasteiger partial charge in [0.05, 0.1) is 5.92 Å². The van der Waals surface area contributed by atoms with Crippen LogP contribution in [0.15, 0.2) is 48.5 Å². The summed E-state index contributed by atoms with van der Waals surface area (Å²) < 4.78 is 13.2. The largest absolute Gasteiger partial charge is 0.372 e. The highest BCUT2D eigenvalue weighted by molar-refractivity contribution is 5.94. The number of hydrogen-bond acceptors (Lipinski definition) is 3. The minimum Gasteiger partial charge on any atom is -0.372 e. The molecule has 6 heteroatoms. The van der Waals surface area contributed by atoms with Crippen molar-refractivity contribution in [1.82, 2.24) is 9.80 Å². The Kier molecular flexibility index (Phi) is 7.08. The van der Waals surface area contributed by atoms with E-state index in [0.29, 0.717) is 25.2 Å². The molecule has 0 spiro atoms. The monoisotopic (exact) mass is 437 g/mol. The van der Waals surface area contributed by atoms with Crippen molar-refractivity contribution in [2.45, 2.75) is 38.6 Å². The molecule has 2 aromatic carbocycles. The Balaban J connectivity index is 1.33. The molecular weight excluding hydrogens is 405 g/mol. The summed E-state index contributed by atoms with van der Waals surface area (Å²) in [6, 6.07) is 14.1. The lowest BCUT2D eigenvalue weighted by molar-refractivity contribution is -0.136. The zero-order chi connectivity index (χ0) is 22.5. The molecule has 0 aromatic heterocycles. The molecule has 0 aliphatic carbocycles.